The molecule has 0 aliphatic carbocycles. The van der Waals surface area contributed by atoms with Gasteiger partial charge in [-0.15, -0.1) is 11.6 Å². The average molecular weight is 381 g/mol. The maximum Gasteiger partial charge on any atom is 0.322 e. The molecule has 2 amide bonds. The number of alkyl halides is 1. The number of hydrogen-bond acceptors (Lipinski definition) is 3. The Morgan fingerprint density at radius 1 is 1.11 bits per heavy atom. The third kappa shape index (κ3) is 3.61. The monoisotopic (exact) mass is 380 g/mol. The van der Waals surface area contributed by atoms with Crippen molar-refractivity contribution in [1.29, 1.82) is 0 Å². The van der Waals surface area contributed by atoms with Crippen LogP contribution in [0, 0.1) is 0 Å². The van der Waals surface area contributed by atoms with Crippen LogP contribution in [0.1, 0.15) is 0 Å². The second kappa shape index (κ2) is 7.55. The molecule has 0 saturated carbocycles. The van der Waals surface area contributed by atoms with Crippen LogP contribution in [0.3, 0.4) is 0 Å². The second-order valence-electron chi connectivity index (χ2n) is 6.72. The zero-order chi connectivity index (χ0) is 18.8. The number of benzene rings is 2. The highest BCUT2D eigenvalue weighted by atomic mass is 35.5. The van der Waals surface area contributed by atoms with Crippen molar-refractivity contribution in [3.8, 4) is 11.1 Å². The Balaban J connectivity index is 1.64. The molecular formula is C21H21ClN4O. The van der Waals surface area contributed by atoms with Crippen molar-refractivity contribution >= 4 is 34.2 Å². The molecule has 2 aromatic carbocycles. The van der Waals surface area contributed by atoms with Crippen LogP contribution in [-0.2, 0) is 0 Å². The Bertz CT molecular complexity index is 963. The number of pyridine rings is 1. The summed E-state index contributed by atoms with van der Waals surface area (Å²) in [4.78, 5) is 21.1. The minimum Gasteiger partial charge on any atom is -0.320 e. The number of likely N-dealkylation sites (N-methyl/N-ethyl adjacent to an activating group) is 1. The Labute approximate surface area is 163 Å². The molecule has 5 nitrogen and oxygen atoms in total. The van der Waals surface area contributed by atoms with Gasteiger partial charge in [-0.25, -0.2) is 4.79 Å². The van der Waals surface area contributed by atoms with Gasteiger partial charge in [-0.2, -0.15) is 0 Å². The lowest BCUT2D eigenvalue weighted by molar-refractivity contribution is 0.150. The number of nitrogens with zero attached hydrogens (tertiary/aromatic N) is 3. The highest BCUT2D eigenvalue weighted by Gasteiger charge is 2.26. The van der Waals surface area contributed by atoms with Gasteiger partial charge in [-0.1, -0.05) is 48.5 Å². The lowest BCUT2D eigenvalue weighted by Gasteiger charge is -2.36. The van der Waals surface area contributed by atoms with E-state index in [9.17, 15) is 4.79 Å². The van der Waals surface area contributed by atoms with Crippen molar-refractivity contribution < 1.29 is 4.79 Å². The van der Waals surface area contributed by atoms with Gasteiger partial charge in [0, 0.05) is 30.2 Å². The van der Waals surface area contributed by atoms with Crippen LogP contribution < -0.4 is 5.32 Å². The summed E-state index contributed by atoms with van der Waals surface area (Å²) in [6, 6.07) is 17.9. The van der Waals surface area contributed by atoms with E-state index >= 15 is 0 Å². The third-order valence-electron chi connectivity index (χ3n) is 4.96. The van der Waals surface area contributed by atoms with Gasteiger partial charge in [0.05, 0.1) is 17.7 Å². The van der Waals surface area contributed by atoms with Crippen molar-refractivity contribution in [2.75, 3.05) is 32.0 Å². The second-order valence-corrected chi connectivity index (χ2v) is 7.22. The normalized spacial score (nSPS) is 17.9. The highest BCUT2D eigenvalue weighted by molar-refractivity contribution is 6.20. The third-order valence-corrected chi connectivity index (χ3v) is 5.43. The molecule has 1 unspecified atom stereocenters. The molecular weight excluding hydrogens is 360 g/mol. The van der Waals surface area contributed by atoms with Gasteiger partial charge in [0.1, 0.15) is 5.50 Å². The summed E-state index contributed by atoms with van der Waals surface area (Å²) in [7, 11) is 1.97. The summed E-state index contributed by atoms with van der Waals surface area (Å²) in [6.45, 7) is 1.92. The van der Waals surface area contributed by atoms with Crippen LogP contribution in [-0.4, -0.2) is 53.0 Å². The van der Waals surface area contributed by atoms with Gasteiger partial charge in [-0.05, 0) is 18.7 Å². The molecule has 0 bridgehead atoms. The Morgan fingerprint density at radius 3 is 2.70 bits per heavy atom. The highest BCUT2D eigenvalue weighted by Crippen LogP contribution is 2.31. The van der Waals surface area contributed by atoms with Crippen LogP contribution in [0.4, 0.5) is 10.5 Å². The van der Waals surface area contributed by atoms with Gasteiger partial charge in [0.2, 0.25) is 0 Å². The number of para-hydroxylation sites is 1. The van der Waals surface area contributed by atoms with E-state index in [-0.39, 0.29) is 11.5 Å². The van der Waals surface area contributed by atoms with E-state index in [1.807, 2.05) is 48.3 Å². The Hall–Kier alpha value is -2.63. The van der Waals surface area contributed by atoms with E-state index in [2.05, 4.69) is 28.5 Å². The van der Waals surface area contributed by atoms with Crippen molar-refractivity contribution in [2.45, 2.75) is 5.50 Å². The number of hydrogen-bond donors (Lipinski definition) is 1. The molecule has 1 N–H and O–H groups in total. The summed E-state index contributed by atoms with van der Waals surface area (Å²) < 4.78 is 0. The zero-order valence-corrected chi connectivity index (χ0v) is 15.9. The zero-order valence-electron chi connectivity index (χ0n) is 15.1. The van der Waals surface area contributed by atoms with E-state index in [0.717, 1.165) is 34.3 Å². The number of aromatic nitrogens is 1. The van der Waals surface area contributed by atoms with Gasteiger partial charge in [0.15, 0.2) is 0 Å². The molecule has 1 aromatic heterocycles. The van der Waals surface area contributed by atoms with Gasteiger partial charge >= 0.3 is 6.03 Å². The number of rotatable bonds is 2. The number of halogens is 1. The summed E-state index contributed by atoms with van der Waals surface area (Å²) in [5, 5.41) is 3.96. The first-order valence-electron chi connectivity index (χ1n) is 8.97. The van der Waals surface area contributed by atoms with Crippen LogP contribution in [0.5, 0.6) is 0 Å². The van der Waals surface area contributed by atoms with Crippen LogP contribution in [0.25, 0.3) is 22.0 Å². The van der Waals surface area contributed by atoms with Crippen molar-refractivity contribution in [3.63, 3.8) is 0 Å². The van der Waals surface area contributed by atoms with E-state index in [4.69, 9.17) is 11.6 Å². The number of carbonyl (C=O) groups excluding carboxylic acids is 1. The number of nitrogens with one attached hydrogen (secondary N) is 1. The SMILES string of the molecule is CN1CCN(C(=O)Nc2ccnc3c(-c4ccccc4)cccc23)CC1Cl. The topological polar surface area (TPSA) is 48.5 Å². The Kier molecular flexibility index (Phi) is 4.97. The molecule has 2 heterocycles. The van der Waals surface area contributed by atoms with Gasteiger partial charge in [-0.3, -0.25) is 9.88 Å². The van der Waals surface area contributed by atoms with Crippen molar-refractivity contribution in [1.82, 2.24) is 14.8 Å². The van der Waals surface area contributed by atoms with Crippen molar-refractivity contribution in [3.05, 3.63) is 60.8 Å². The summed E-state index contributed by atoms with van der Waals surface area (Å²) in [5.41, 5.74) is 3.61. The lowest BCUT2D eigenvalue weighted by Crippen LogP contribution is -2.52. The summed E-state index contributed by atoms with van der Waals surface area (Å²) in [5.74, 6) is 0. The molecule has 3 aromatic rings. The molecule has 1 aliphatic rings. The maximum atomic E-state index is 12.7. The van der Waals surface area contributed by atoms with E-state index in [1.165, 1.54) is 0 Å². The smallest absolute Gasteiger partial charge is 0.320 e. The first-order chi connectivity index (χ1) is 13.1. The molecule has 138 valence electrons. The van der Waals surface area contributed by atoms with Gasteiger partial charge in [0.25, 0.3) is 0 Å². The predicted octanol–water partition coefficient (Wildman–Crippen LogP) is 4.25. The fraction of sp³-hybridized carbons (Fsp3) is 0.238. The van der Waals surface area contributed by atoms with E-state index in [1.54, 1.807) is 11.1 Å². The Morgan fingerprint density at radius 2 is 1.93 bits per heavy atom. The number of urea groups is 1. The first-order valence-corrected chi connectivity index (χ1v) is 9.40. The molecule has 1 aliphatic heterocycles. The molecule has 0 radical (unpaired) electrons. The largest absolute Gasteiger partial charge is 0.322 e. The molecule has 27 heavy (non-hydrogen) atoms. The number of fused-ring (bicyclic) bond motifs is 1. The fourth-order valence-electron chi connectivity index (χ4n) is 3.35. The predicted molar refractivity (Wildman–Crippen MR) is 110 cm³/mol. The number of amides is 2. The fourth-order valence-corrected chi connectivity index (χ4v) is 3.61. The summed E-state index contributed by atoms with van der Waals surface area (Å²) >= 11 is 6.29. The van der Waals surface area contributed by atoms with Crippen molar-refractivity contribution in [2.24, 2.45) is 0 Å². The average Bonchev–Trinajstić information content (AvgIpc) is 2.70. The summed E-state index contributed by atoms with van der Waals surface area (Å²) in [6.07, 6.45) is 1.73. The van der Waals surface area contributed by atoms with Crippen LogP contribution in [0.15, 0.2) is 60.8 Å². The molecule has 6 heteroatoms. The molecule has 0 spiro atoms. The minimum atomic E-state index is -0.164. The quantitative estimate of drug-likeness (QED) is 0.534. The van der Waals surface area contributed by atoms with E-state index in [0.29, 0.717) is 13.1 Å². The van der Waals surface area contributed by atoms with Crippen LogP contribution in [0.2, 0.25) is 0 Å². The number of anilines is 1. The van der Waals surface area contributed by atoms with E-state index < -0.39 is 0 Å². The lowest BCUT2D eigenvalue weighted by atomic mass is 10.0. The molecule has 4 rings (SSSR count). The molecule has 1 saturated heterocycles. The standard InChI is InChI=1S/C21H21ClN4O/c1-25-12-13-26(14-19(25)22)21(27)24-18-10-11-23-20-16(8-5-9-17(18)20)15-6-3-2-4-7-15/h2-11,19H,12-14H2,1H3,(H,23,24,27). The maximum absolute atomic E-state index is 12.7. The number of piperazine rings is 1. The number of carbonyl (C=O) groups is 1. The molecule has 1 fully saturated rings. The first kappa shape index (κ1) is 17.8. The molecule has 1 atom stereocenters. The minimum absolute atomic E-state index is 0.133. The van der Waals surface area contributed by atoms with Gasteiger partial charge < -0.3 is 10.2 Å². The van der Waals surface area contributed by atoms with Crippen LogP contribution >= 0.6 is 11.6 Å².